The summed E-state index contributed by atoms with van der Waals surface area (Å²) < 4.78 is 30.6. The van der Waals surface area contributed by atoms with Crippen molar-refractivity contribution >= 4 is 0 Å². The molecule has 0 fully saturated rings. The van der Waals surface area contributed by atoms with Gasteiger partial charge in [0.15, 0.2) is 5.82 Å². The van der Waals surface area contributed by atoms with E-state index < -0.39 is 11.6 Å². The molecule has 2 aromatic heterocycles. The molecule has 2 heterocycles. The Morgan fingerprint density at radius 1 is 1.35 bits per heavy atom. The third-order valence-corrected chi connectivity index (χ3v) is 1.84. The standard InChI is InChI=1S/C10H7F2N3O2/c11-6-3-7(12)10(14-4-6)17-5-8-13-2-1-9(16)15-8/h1-4H,5H2,(H,13,15,16). The second-order valence-electron chi connectivity index (χ2n) is 3.11. The van der Waals surface area contributed by atoms with Gasteiger partial charge in [-0.15, -0.1) is 0 Å². The fraction of sp³-hybridized carbons (Fsp3) is 0.100. The fourth-order valence-electron chi connectivity index (χ4n) is 1.13. The Morgan fingerprint density at radius 3 is 2.88 bits per heavy atom. The molecule has 0 amide bonds. The van der Waals surface area contributed by atoms with E-state index in [4.69, 9.17) is 4.74 Å². The van der Waals surface area contributed by atoms with Crippen molar-refractivity contribution in [3.8, 4) is 5.88 Å². The molecular formula is C10H7F2N3O2. The largest absolute Gasteiger partial charge is 0.467 e. The van der Waals surface area contributed by atoms with Gasteiger partial charge < -0.3 is 9.72 Å². The van der Waals surface area contributed by atoms with Gasteiger partial charge >= 0.3 is 0 Å². The second kappa shape index (κ2) is 4.69. The van der Waals surface area contributed by atoms with Gasteiger partial charge in [0.2, 0.25) is 0 Å². The molecule has 2 rings (SSSR count). The van der Waals surface area contributed by atoms with Crippen molar-refractivity contribution in [1.82, 2.24) is 15.0 Å². The van der Waals surface area contributed by atoms with Crippen molar-refractivity contribution in [2.75, 3.05) is 0 Å². The normalized spacial score (nSPS) is 10.2. The minimum atomic E-state index is -0.914. The molecule has 0 aliphatic rings. The van der Waals surface area contributed by atoms with Gasteiger partial charge in [-0.2, -0.15) is 0 Å². The Hall–Kier alpha value is -2.31. The van der Waals surface area contributed by atoms with E-state index in [1.165, 1.54) is 12.3 Å². The number of nitrogens with zero attached hydrogens (tertiary/aromatic N) is 2. The summed E-state index contributed by atoms with van der Waals surface area (Å²) in [6, 6.07) is 1.89. The van der Waals surface area contributed by atoms with Crippen LogP contribution in [0, 0.1) is 11.6 Å². The van der Waals surface area contributed by atoms with E-state index in [1.807, 2.05) is 0 Å². The van der Waals surface area contributed by atoms with Gasteiger partial charge in [-0.25, -0.2) is 18.7 Å². The van der Waals surface area contributed by atoms with Crippen molar-refractivity contribution in [1.29, 1.82) is 0 Å². The molecule has 0 aliphatic carbocycles. The number of nitrogens with one attached hydrogen (secondary N) is 1. The lowest BCUT2D eigenvalue weighted by molar-refractivity contribution is 0.267. The molecule has 0 saturated heterocycles. The van der Waals surface area contributed by atoms with Gasteiger partial charge in [-0.1, -0.05) is 0 Å². The van der Waals surface area contributed by atoms with Crippen LogP contribution in [0.15, 0.2) is 29.3 Å². The molecule has 0 spiro atoms. The average molecular weight is 239 g/mol. The summed E-state index contributed by atoms with van der Waals surface area (Å²) in [5, 5.41) is 0. The molecule has 17 heavy (non-hydrogen) atoms. The number of hydrogen-bond donors (Lipinski definition) is 1. The molecule has 0 atom stereocenters. The van der Waals surface area contributed by atoms with Crippen LogP contribution in [0.25, 0.3) is 0 Å². The van der Waals surface area contributed by atoms with Crippen LogP contribution < -0.4 is 10.3 Å². The average Bonchev–Trinajstić information content (AvgIpc) is 2.28. The highest BCUT2D eigenvalue weighted by Crippen LogP contribution is 2.14. The van der Waals surface area contributed by atoms with E-state index in [0.717, 1.165) is 6.20 Å². The van der Waals surface area contributed by atoms with Crippen LogP contribution in [0.4, 0.5) is 8.78 Å². The lowest BCUT2D eigenvalue weighted by atomic mass is 10.4. The number of ether oxygens (including phenoxy) is 1. The molecule has 0 aliphatic heterocycles. The third-order valence-electron chi connectivity index (χ3n) is 1.84. The van der Waals surface area contributed by atoms with E-state index in [-0.39, 0.29) is 23.9 Å². The number of aromatic nitrogens is 3. The summed E-state index contributed by atoms with van der Waals surface area (Å²) in [6.07, 6.45) is 2.13. The summed E-state index contributed by atoms with van der Waals surface area (Å²) in [5.74, 6) is -1.83. The number of pyridine rings is 1. The van der Waals surface area contributed by atoms with Crippen LogP contribution >= 0.6 is 0 Å². The van der Waals surface area contributed by atoms with Crippen molar-refractivity contribution in [3.63, 3.8) is 0 Å². The summed E-state index contributed by atoms with van der Waals surface area (Å²) in [4.78, 5) is 20.5. The summed E-state index contributed by atoms with van der Waals surface area (Å²) in [7, 11) is 0. The van der Waals surface area contributed by atoms with Gasteiger partial charge in [0, 0.05) is 18.3 Å². The number of aromatic amines is 1. The Kier molecular flexibility index (Phi) is 3.08. The van der Waals surface area contributed by atoms with Crippen LogP contribution in [0.2, 0.25) is 0 Å². The molecule has 5 nitrogen and oxygen atoms in total. The highest BCUT2D eigenvalue weighted by Gasteiger charge is 2.07. The minimum Gasteiger partial charge on any atom is -0.467 e. The topological polar surface area (TPSA) is 67.9 Å². The molecule has 2 aromatic rings. The first-order chi connectivity index (χ1) is 8.15. The maximum atomic E-state index is 13.1. The maximum Gasteiger partial charge on any atom is 0.251 e. The molecule has 0 aromatic carbocycles. The van der Waals surface area contributed by atoms with Gasteiger partial charge in [0.05, 0.1) is 6.20 Å². The van der Waals surface area contributed by atoms with E-state index >= 15 is 0 Å². The molecule has 0 unspecified atom stereocenters. The minimum absolute atomic E-state index is 0.161. The monoisotopic (exact) mass is 239 g/mol. The first-order valence-corrected chi connectivity index (χ1v) is 4.63. The summed E-state index contributed by atoms with van der Waals surface area (Å²) in [5.41, 5.74) is -0.342. The highest BCUT2D eigenvalue weighted by molar-refractivity contribution is 5.14. The first kappa shape index (κ1) is 11.2. The lowest BCUT2D eigenvalue weighted by Crippen LogP contribution is -2.11. The molecular weight excluding hydrogens is 232 g/mol. The van der Waals surface area contributed by atoms with Gasteiger partial charge in [-0.3, -0.25) is 4.79 Å². The number of hydrogen-bond acceptors (Lipinski definition) is 4. The maximum absolute atomic E-state index is 13.1. The summed E-state index contributed by atoms with van der Waals surface area (Å²) in [6.45, 7) is -0.161. The van der Waals surface area contributed by atoms with E-state index in [9.17, 15) is 13.6 Å². The molecule has 88 valence electrons. The van der Waals surface area contributed by atoms with Crippen molar-refractivity contribution in [3.05, 3.63) is 52.3 Å². The Bertz CT molecular complexity index is 586. The van der Waals surface area contributed by atoms with Gasteiger partial charge in [-0.05, 0) is 0 Å². The highest BCUT2D eigenvalue weighted by atomic mass is 19.1. The van der Waals surface area contributed by atoms with Gasteiger partial charge in [0.1, 0.15) is 18.2 Å². The van der Waals surface area contributed by atoms with Crippen LogP contribution in [0.5, 0.6) is 5.88 Å². The van der Waals surface area contributed by atoms with E-state index in [1.54, 1.807) is 0 Å². The predicted octanol–water partition coefficient (Wildman–Crippen LogP) is 1.02. The fourth-order valence-corrected chi connectivity index (χ4v) is 1.13. The third kappa shape index (κ3) is 2.83. The second-order valence-corrected chi connectivity index (χ2v) is 3.11. The zero-order valence-electron chi connectivity index (χ0n) is 8.48. The molecule has 0 bridgehead atoms. The van der Waals surface area contributed by atoms with Crippen LogP contribution in [0.3, 0.4) is 0 Å². The molecule has 7 heteroatoms. The lowest BCUT2D eigenvalue weighted by Gasteiger charge is -2.04. The van der Waals surface area contributed by atoms with Crippen LogP contribution in [-0.4, -0.2) is 15.0 Å². The molecule has 0 saturated carbocycles. The summed E-state index contributed by atoms with van der Waals surface area (Å²) >= 11 is 0. The SMILES string of the molecule is O=c1ccnc(COc2ncc(F)cc2F)[nH]1. The van der Waals surface area contributed by atoms with E-state index in [0.29, 0.717) is 6.07 Å². The zero-order chi connectivity index (χ0) is 12.3. The van der Waals surface area contributed by atoms with Crippen molar-refractivity contribution < 1.29 is 13.5 Å². The number of halogens is 2. The Labute approximate surface area is 94.1 Å². The predicted molar refractivity (Wildman–Crippen MR) is 53.3 cm³/mol. The smallest absolute Gasteiger partial charge is 0.251 e. The Balaban J connectivity index is 2.10. The quantitative estimate of drug-likeness (QED) is 0.868. The molecule has 0 radical (unpaired) electrons. The zero-order valence-corrected chi connectivity index (χ0v) is 8.48. The van der Waals surface area contributed by atoms with Gasteiger partial charge in [0.25, 0.3) is 11.4 Å². The molecule has 1 N–H and O–H groups in total. The van der Waals surface area contributed by atoms with Crippen LogP contribution in [-0.2, 0) is 6.61 Å². The first-order valence-electron chi connectivity index (χ1n) is 4.63. The Morgan fingerprint density at radius 2 is 2.18 bits per heavy atom. The number of rotatable bonds is 3. The van der Waals surface area contributed by atoms with Crippen molar-refractivity contribution in [2.24, 2.45) is 0 Å². The number of H-pyrrole nitrogens is 1. The van der Waals surface area contributed by atoms with E-state index in [2.05, 4.69) is 15.0 Å². The van der Waals surface area contributed by atoms with Crippen LogP contribution in [0.1, 0.15) is 5.82 Å². The van der Waals surface area contributed by atoms with Crippen molar-refractivity contribution in [2.45, 2.75) is 6.61 Å².